The molecular formula is C40H46N2O5S. The average Bonchev–Trinajstić information content (AvgIpc) is 3.12. The van der Waals surface area contributed by atoms with Crippen molar-refractivity contribution in [2.24, 2.45) is 5.92 Å². The van der Waals surface area contributed by atoms with E-state index in [4.69, 9.17) is 9.47 Å². The Balaban J connectivity index is 1.26. The highest BCUT2D eigenvalue weighted by molar-refractivity contribution is 7.99. The van der Waals surface area contributed by atoms with E-state index in [9.17, 15) is 14.7 Å². The Labute approximate surface area is 288 Å². The van der Waals surface area contributed by atoms with Gasteiger partial charge < -0.3 is 25.2 Å². The molecule has 1 heterocycles. The average molecular weight is 667 g/mol. The Kier molecular flexibility index (Phi) is 13.3. The molecule has 5 rings (SSSR count). The van der Waals surface area contributed by atoms with Gasteiger partial charge in [-0.15, -0.1) is 11.8 Å². The summed E-state index contributed by atoms with van der Waals surface area (Å²) in [6.07, 6.45) is 2.26. The van der Waals surface area contributed by atoms with Crippen LogP contribution in [0.2, 0.25) is 0 Å². The maximum atomic E-state index is 12.4. The molecule has 0 aromatic heterocycles. The normalized spacial score (nSPS) is 19.1. The van der Waals surface area contributed by atoms with Gasteiger partial charge in [-0.3, -0.25) is 9.59 Å². The van der Waals surface area contributed by atoms with Gasteiger partial charge >= 0.3 is 0 Å². The number of aliphatic hydroxyl groups is 1. The zero-order valence-electron chi connectivity index (χ0n) is 27.8. The summed E-state index contributed by atoms with van der Waals surface area (Å²) in [5.41, 5.74) is 6.01. The van der Waals surface area contributed by atoms with Crippen molar-refractivity contribution in [3.63, 3.8) is 0 Å². The summed E-state index contributed by atoms with van der Waals surface area (Å²) in [5.74, 6) is 0.907. The summed E-state index contributed by atoms with van der Waals surface area (Å²) >= 11 is 1.79. The summed E-state index contributed by atoms with van der Waals surface area (Å²) in [6, 6.07) is 34.9. The highest BCUT2D eigenvalue weighted by Gasteiger charge is 2.38. The molecule has 3 N–H and O–H groups in total. The minimum Gasteiger partial charge on any atom is -0.392 e. The van der Waals surface area contributed by atoms with Crippen molar-refractivity contribution in [2.75, 3.05) is 12.3 Å². The van der Waals surface area contributed by atoms with Crippen molar-refractivity contribution in [1.82, 2.24) is 10.6 Å². The quantitative estimate of drug-likeness (QED) is 0.0888. The third-order valence-electron chi connectivity index (χ3n) is 8.64. The largest absolute Gasteiger partial charge is 0.392 e. The molecule has 1 aliphatic heterocycles. The van der Waals surface area contributed by atoms with Gasteiger partial charge in [-0.05, 0) is 64.9 Å². The van der Waals surface area contributed by atoms with Gasteiger partial charge in [0.05, 0.1) is 18.8 Å². The number of unbranched alkanes of at least 4 members (excludes halogenated alkanes) is 2. The number of carbonyl (C=O) groups is 2. The van der Waals surface area contributed by atoms with Crippen LogP contribution in [0.5, 0.6) is 0 Å². The van der Waals surface area contributed by atoms with E-state index in [-0.39, 0.29) is 36.5 Å². The predicted octanol–water partition coefficient (Wildman–Crippen LogP) is 7.74. The number of carbonyl (C=O) groups excluding carboxylic acids is 2. The van der Waals surface area contributed by atoms with Gasteiger partial charge in [0.2, 0.25) is 11.8 Å². The number of benzene rings is 4. The van der Waals surface area contributed by atoms with Gasteiger partial charge in [0, 0.05) is 48.6 Å². The van der Waals surface area contributed by atoms with E-state index in [1.54, 1.807) is 11.8 Å². The summed E-state index contributed by atoms with van der Waals surface area (Å²) in [5, 5.41) is 15.4. The highest BCUT2D eigenvalue weighted by atomic mass is 32.2. The van der Waals surface area contributed by atoms with E-state index in [0.717, 1.165) is 58.4 Å². The SMILES string of the molecule is CC(=O)NCCCCCC(=O)NCc1cccc(-c2cccc(C3OC(CSc4ccccc4)C(C)C(c4ccc(CO)cc4)O3)c2)c1. The highest BCUT2D eigenvalue weighted by Crippen LogP contribution is 2.43. The van der Waals surface area contributed by atoms with Crippen LogP contribution < -0.4 is 10.6 Å². The Bertz CT molecular complexity index is 1610. The number of rotatable bonds is 15. The van der Waals surface area contributed by atoms with Crippen LogP contribution in [0.1, 0.15) is 74.2 Å². The zero-order chi connectivity index (χ0) is 33.7. The van der Waals surface area contributed by atoms with Gasteiger partial charge in [0.25, 0.3) is 0 Å². The Hall–Kier alpha value is -3.95. The Morgan fingerprint density at radius 1 is 0.771 bits per heavy atom. The fraction of sp³-hybridized carbons (Fsp3) is 0.350. The van der Waals surface area contributed by atoms with E-state index >= 15 is 0 Å². The van der Waals surface area contributed by atoms with E-state index in [1.807, 2.05) is 48.5 Å². The third kappa shape index (κ3) is 10.3. The van der Waals surface area contributed by atoms with E-state index in [2.05, 4.69) is 72.2 Å². The van der Waals surface area contributed by atoms with Gasteiger partial charge in [0.15, 0.2) is 6.29 Å². The number of hydrogen-bond donors (Lipinski definition) is 3. The number of amides is 2. The maximum absolute atomic E-state index is 12.4. The monoisotopic (exact) mass is 666 g/mol. The minimum absolute atomic E-state index is 0.00588. The smallest absolute Gasteiger partial charge is 0.220 e. The summed E-state index contributed by atoms with van der Waals surface area (Å²) < 4.78 is 13.4. The molecule has 4 aromatic carbocycles. The summed E-state index contributed by atoms with van der Waals surface area (Å²) in [7, 11) is 0. The van der Waals surface area contributed by atoms with Crippen LogP contribution in [0.15, 0.2) is 108 Å². The van der Waals surface area contributed by atoms with Gasteiger partial charge in [-0.2, -0.15) is 0 Å². The molecule has 0 saturated carbocycles. The molecule has 7 nitrogen and oxygen atoms in total. The number of ether oxygens (including phenoxy) is 2. The summed E-state index contributed by atoms with van der Waals surface area (Å²) in [4.78, 5) is 24.6. The molecule has 1 fully saturated rings. The zero-order valence-corrected chi connectivity index (χ0v) is 28.6. The Morgan fingerprint density at radius 2 is 1.52 bits per heavy atom. The summed E-state index contributed by atoms with van der Waals surface area (Å²) in [6.45, 7) is 4.82. The number of nitrogens with one attached hydrogen (secondary N) is 2. The topological polar surface area (TPSA) is 96.9 Å². The first-order chi connectivity index (χ1) is 23.4. The van der Waals surface area contributed by atoms with Crippen LogP contribution in [-0.2, 0) is 32.2 Å². The van der Waals surface area contributed by atoms with Crippen LogP contribution in [0.25, 0.3) is 11.1 Å². The fourth-order valence-electron chi connectivity index (χ4n) is 5.87. The van der Waals surface area contributed by atoms with Crippen molar-refractivity contribution in [2.45, 2.75) is 76.1 Å². The standard InChI is InChI=1S/C40H46N2O5S/c1-28-37(27-48-36-15-5-3-6-16-36)46-40(47-39(28)32-20-18-30(26-43)19-21-32)35-14-10-13-34(24-35)33-12-9-11-31(23-33)25-42-38(45)17-7-4-8-22-41-29(2)44/h3,5-6,9-16,18-21,23-24,28,37,39-40,43H,4,7-8,17,22,25-27H2,1-2H3,(H,41,44)(H,42,45). The van der Waals surface area contributed by atoms with Crippen molar-refractivity contribution < 1.29 is 24.2 Å². The molecule has 4 aromatic rings. The molecule has 0 bridgehead atoms. The number of aliphatic hydroxyl groups excluding tert-OH is 1. The van der Waals surface area contributed by atoms with Crippen molar-refractivity contribution >= 4 is 23.6 Å². The van der Waals surface area contributed by atoms with Crippen molar-refractivity contribution in [3.05, 3.63) is 125 Å². The lowest BCUT2D eigenvalue weighted by Crippen LogP contribution is -2.38. The molecular weight excluding hydrogens is 621 g/mol. The second-order valence-electron chi connectivity index (χ2n) is 12.3. The van der Waals surface area contributed by atoms with E-state index in [1.165, 1.54) is 11.8 Å². The minimum atomic E-state index is -0.550. The first-order valence-electron chi connectivity index (χ1n) is 16.8. The molecule has 4 unspecified atom stereocenters. The molecule has 0 spiro atoms. The van der Waals surface area contributed by atoms with Gasteiger partial charge in [-0.25, -0.2) is 0 Å². The molecule has 4 atom stereocenters. The second kappa shape index (κ2) is 18.0. The number of hydrogen-bond acceptors (Lipinski definition) is 6. The van der Waals surface area contributed by atoms with Gasteiger partial charge in [0.1, 0.15) is 0 Å². The third-order valence-corrected chi connectivity index (χ3v) is 9.74. The lowest BCUT2D eigenvalue weighted by Gasteiger charge is -2.41. The van der Waals surface area contributed by atoms with E-state index in [0.29, 0.717) is 19.5 Å². The van der Waals surface area contributed by atoms with Crippen LogP contribution in [0, 0.1) is 5.92 Å². The fourth-order valence-corrected chi connectivity index (χ4v) is 6.96. The molecule has 2 amide bonds. The first-order valence-corrected chi connectivity index (χ1v) is 17.8. The molecule has 0 radical (unpaired) electrons. The molecule has 8 heteroatoms. The molecule has 252 valence electrons. The molecule has 1 saturated heterocycles. The van der Waals surface area contributed by atoms with Crippen LogP contribution in [0.4, 0.5) is 0 Å². The van der Waals surface area contributed by atoms with Crippen LogP contribution in [-0.4, -0.2) is 35.3 Å². The first kappa shape index (κ1) is 35.4. The predicted molar refractivity (Wildman–Crippen MR) is 191 cm³/mol. The molecule has 1 aliphatic rings. The van der Waals surface area contributed by atoms with Crippen molar-refractivity contribution in [1.29, 1.82) is 0 Å². The van der Waals surface area contributed by atoms with Crippen molar-refractivity contribution in [3.8, 4) is 11.1 Å². The van der Waals surface area contributed by atoms with Gasteiger partial charge in [-0.1, -0.05) is 92.2 Å². The molecule has 0 aliphatic carbocycles. The molecule has 48 heavy (non-hydrogen) atoms. The van der Waals surface area contributed by atoms with Crippen LogP contribution in [0.3, 0.4) is 0 Å². The second-order valence-corrected chi connectivity index (χ2v) is 13.4. The Morgan fingerprint density at radius 3 is 2.27 bits per heavy atom. The lowest BCUT2D eigenvalue weighted by molar-refractivity contribution is -0.268. The number of thioether (sulfide) groups is 1. The lowest BCUT2D eigenvalue weighted by atomic mass is 9.91. The maximum Gasteiger partial charge on any atom is 0.220 e. The van der Waals surface area contributed by atoms with Crippen LogP contribution >= 0.6 is 11.8 Å². The van der Waals surface area contributed by atoms with E-state index < -0.39 is 6.29 Å².